The Morgan fingerprint density at radius 1 is 1.50 bits per heavy atom. The molecule has 0 aromatic rings. The van der Waals surface area contributed by atoms with Crippen LogP contribution in [0, 0.1) is 5.92 Å². The van der Waals surface area contributed by atoms with Crippen molar-refractivity contribution >= 4 is 6.09 Å². The molecule has 1 saturated heterocycles. The first-order valence-electron chi connectivity index (χ1n) is 6.85. The van der Waals surface area contributed by atoms with Gasteiger partial charge in [-0.1, -0.05) is 6.92 Å². The van der Waals surface area contributed by atoms with Crippen molar-refractivity contribution in [3.63, 3.8) is 0 Å². The summed E-state index contributed by atoms with van der Waals surface area (Å²) >= 11 is 0. The van der Waals surface area contributed by atoms with Crippen LogP contribution in [-0.2, 0) is 4.74 Å². The van der Waals surface area contributed by atoms with Crippen LogP contribution in [0.15, 0.2) is 0 Å². The van der Waals surface area contributed by atoms with Crippen LogP contribution in [0.1, 0.15) is 33.1 Å². The van der Waals surface area contributed by atoms with Gasteiger partial charge in [-0.05, 0) is 39.2 Å². The Morgan fingerprint density at radius 3 is 2.83 bits per heavy atom. The molecule has 3 unspecified atom stereocenters. The van der Waals surface area contributed by atoms with Gasteiger partial charge in [0.15, 0.2) is 0 Å². The summed E-state index contributed by atoms with van der Waals surface area (Å²) in [7, 11) is 2.05. The predicted octanol–water partition coefficient (Wildman–Crippen LogP) is 1.21. The average molecular weight is 258 g/mol. The van der Waals surface area contributed by atoms with Crippen molar-refractivity contribution < 1.29 is 14.6 Å². The van der Waals surface area contributed by atoms with Crippen LogP contribution < -0.4 is 5.32 Å². The fourth-order valence-corrected chi connectivity index (χ4v) is 2.61. The second kappa shape index (κ2) is 7.59. The third-order valence-electron chi connectivity index (χ3n) is 3.39. The zero-order valence-electron chi connectivity index (χ0n) is 11.7. The van der Waals surface area contributed by atoms with Crippen LogP contribution in [0.3, 0.4) is 0 Å². The molecule has 5 nitrogen and oxygen atoms in total. The fourth-order valence-electron chi connectivity index (χ4n) is 2.61. The summed E-state index contributed by atoms with van der Waals surface area (Å²) < 4.78 is 4.90. The monoisotopic (exact) mass is 258 g/mol. The van der Waals surface area contributed by atoms with Crippen molar-refractivity contribution in [2.24, 2.45) is 5.92 Å². The molecular formula is C13H26N2O3. The van der Waals surface area contributed by atoms with E-state index >= 15 is 0 Å². The fraction of sp³-hybridized carbons (Fsp3) is 0.923. The second-order valence-corrected chi connectivity index (χ2v) is 5.18. The number of aliphatic hydroxyl groups excluding tert-OH is 1. The van der Waals surface area contributed by atoms with Crippen molar-refractivity contribution in [3.05, 3.63) is 0 Å². The largest absolute Gasteiger partial charge is 0.450 e. The number of aliphatic hydroxyl groups is 1. The number of likely N-dealkylation sites (N-methyl/N-ethyl adjacent to an activating group) is 1. The van der Waals surface area contributed by atoms with Crippen molar-refractivity contribution in [2.45, 2.75) is 45.3 Å². The molecule has 3 atom stereocenters. The summed E-state index contributed by atoms with van der Waals surface area (Å²) in [6, 6.07) is 0.122. The summed E-state index contributed by atoms with van der Waals surface area (Å²) in [6.45, 7) is 6.01. The number of likely N-dealkylation sites (tertiary alicyclic amines) is 1. The standard InChI is InChI=1S/C13H26N2O3/c1-4-12(16)7-10-6-11(9-15(3)8-10)14-13(17)18-5-2/h10-12,16H,4-9H2,1-3H3,(H,14,17). The maximum atomic E-state index is 11.4. The molecule has 1 aliphatic heterocycles. The Hall–Kier alpha value is -0.810. The van der Waals surface area contributed by atoms with Gasteiger partial charge in [0.1, 0.15) is 0 Å². The summed E-state index contributed by atoms with van der Waals surface area (Å²) in [4.78, 5) is 13.6. The minimum absolute atomic E-state index is 0.122. The van der Waals surface area contributed by atoms with E-state index in [0.29, 0.717) is 12.5 Å². The second-order valence-electron chi connectivity index (χ2n) is 5.18. The number of carbonyl (C=O) groups excluding carboxylic acids is 1. The molecule has 1 amide bonds. The van der Waals surface area contributed by atoms with E-state index in [0.717, 1.165) is 32.4 Å². The molecular weight excluding hydrogens is 232 g/mol. The third kappa shape index (κ3) is 5.23. The van der Waals surface area contributed by atoms with Crippen LogP contribution in [0.4, 0.5) is 4.79 Å². The van der Waals surface area contributed by atoms with Gasteiger partial charge in [0.2, 0.25) is 0 Å². The number of alkyl carbamates (subject to hydrolysis) is 1. The zero-order chi connectivity index (χ0) is 13.5. The molecule has 0 aliphatic carbocycles. The molecule has 106 valence electrons. The van der Waals surface area contributed by atoms with Gasteiger partial charge in [-0.25, -0.2) is 4.79 Å². The van der Waals surface area contributed by atoms with Gasteiger partial charge < -0.3 is 20.1 Å². The lowest BCUT2D eigenvalue weighted by Gasteiger charge is -2.36. The number of hydrogen-bond acceptors (Lipinski definition) is 4. The number of ether oxygens (including phenoxy) is 1. The highest BCUT2D eigenvalue weighted by molar-refractivity contribution is 5.67. The van der Waals surface area contributed by atoms with Crippen molar-refractivity contribution in [1.29, 1.82) is 0 Å². The van der Waals surface area contributed by atoms with E-state index in [1.807, 2.05) is 14.0 Å². The molecule has 0 saturated carbocycles. The molecule has 0 aromatic heterocycles. The van der Waals surface area contributed by atoms with E-state index in [-0.39, 0.29) is 18.2 Å². The van der Waals surface area contributed by atoms with Crippen molar-refractivity contribution in [3.8, 4) is 0 Å². The number of amides is 1. The SMILES string of the molecule is CCOC(=O)NC1CC(CC(O)CC)CN(C)C1. The number of rotatable bonds is 5. The van der Waals surface area contributed by atoms with Gasteiger partial charge in [-0.2, -0.15) is 0 Å². The molecule has 5 heteroatoms. The number of nitrogens with zero attached hydrogens (tertiary/aromatic N) is 1. The molecule has 1 fully saturated rings. The molecule has 0 radical (unpaired) electrons. The highest BCUT2D eigenvalue weighted by Crippen LogP contribution is 2.21. The number of nitrogens with one attached hydrogen (secondary N) is 1. The summed E-state index contributed by atoms with van der Waals surface area (Å²) in [5, 5.41) is 12.6. The lowest BCUT2D eigenvalue weighted by atomic mass is 9.89. The Labute approximate surface area is 109 Å². The van der Waals surface area contributed by atoms with E-state index in [1.54, 1.807) is 6.92 Å². The third-order valence-corrected chi connectivity index (χ3v) is 3.39. The Kier molecular flexibility index (Phi) is 6.43. The van der Waals surface area contributed by atoms with Gasteiger partial charge in [-0.15, -0.1) is 0 Å². The van der Waals surface area contributed by atoms with E-state index in [2.05, 4.69) is 10.2 Å². The van der Waals surface area contributed by atoms with Crippen LogP contribution in [0.5, 0.6) is 0 Å². The van der Waals surface area contributed by atoms with Crippen LogP contribution in [-0.4, -0.2) is 55.0 Å². The van der Waals surface area contributed by atoms with Gasteiger partial charge in [-0.3, -0.25) is 0 Å². The number of piperidine rings is 1. The van der Waals surface area contributed by atoms with Crippen molar-refractivity contribution in [2.75, 3.05) is 26.7 Å². The lowest BCUT2D eigenvalue weighted by Crippen LogP contribution is -2.50. The minimum Gasteiger partial charge on any atom is -0.450 e. The van der Waals surface area contributed by atoms with E-state index in [9.17, 15) is 9.90 Å². The molecule has 18 heavy (non-hydrogen) atoms. The van der Waals surface area contributed by atoms with Crippen LogP contribution in [0.25, 0.3) is 0 Å². The van der Waals surface area contributed by atoms with Gasteiger partial charge >= 0.3 is 6.09 Å². The quantitative estimate of drug-likeness (QED) is 0.778. The smallest absolute Gasteiger partial charge is 0.407 e. The van der Waals surface area contributed by atoms with Crippen LogP contribution in [0.2, 0.25) is 0 Å². The molecule has 0 bridgehead atoms. The molecule has 1 heterocycles. The minimum atomic E-state index is -0.340. The van der Waals surface area contributed by atoms with E-state index in [4.69, 9.17) is 4.74 Å². The highest BCUT2D eigenvalue weighted by Gasteiger charge is 2.27. The maximum absolute atomic E-state index is 11.4. The zero-order valence-corrected chi connectivity index (χ0v) is 11.7. The first kappa shape index (κ1) is 15.2. The maximum Gasteiger partial charge on any atom is 0.407 e. The first-order chi connectivity index (χ1) is 8.55. The summed E-state index contributed by atoms with van der Waals surface area (Å²) in [5.74, 6) is 0.436. The van der Waals surface area contributed by atoms with Crippen molar-refractivity contribution in [1.82, 2.24) is 10.2 Å². The molecule has 1 aliphatic rings. The molecule has 0 aromatic carbocycles. The number of hydrogen-bond donors (Lipinski definition) is 2. The Morgan fingerprint density at radius 2 is 2.22 bits per heavy atom. The van der Waals surface area contributed by atoms with Gasteiger partial charge in [0.05, 0.1) is 12.7 Å². The predicted molar refractivity (Wildman–Crippen MR) is 70.5 cm³/mol. The molecule has 1 rings (SSSR count). The Balaban J connectivity index is 2.42. The first-order valence-corrected chi connectivity index (χ1v) is 6.85. The van der Waals surface area contributed by atoms with Gasteiger partial charge in [0, 0.05) is 19.1 Å². The molecule has 2 N–H and O–H groups in total. The van der Waals surface area contributed by atoms with Gasteiger partial charge in [0.25, 0.3) is 0 Å². The van der Waals surface area contributed by atoms with Crippen LogP contribution >= 0.6 is 0 Å². The Bertz CT molecular complexity index is 261. The summed E-state index contributed by atoms with van der Waals surface area (Å²) in [6.07, 6.45) is 1.94. The molecule has 0 spiro atoms. The average Bonchev–Trinajstić information content (AvgIpc) is 2.28. The summed E-state index contributed by atoms with van der Waals surface area (Å²) in [5.41, 5.74) is 0. The normalized spacial score (nSPS) is 26.7. The van der Waals surface area contributed by atoms with E-state index < -0.39 is 0 Å². The number of carbonyl (C=O) groups is 1. The van der Waals surface area contributed by atoms with E-state index in [1.165, 1.54) is 0 Å². The highest BCUT2D eigenvalue weighted by atomic mass is 16.5. The lowest BCUT2D eigenvalue weighted by molar-refractivity contribution is 0.0901. The topological polar surface area (TPSA) is 61.8 Å².